The predicted octanol–water partition coefficient (Wildman–Crippen LogP) is 0.188. The van der Waals surface area contributed by atoms with E-state index < -0.39 is 0 Å². The van der Waals surface area contributed by atoms with Gasteiger partial charge in [-0.2, -0.15) is 9.50 Å². The van der Waals surface area contributed by atoms with Crippen LogP contribution in [-0.4, -0.2) is 80.8 Å². The second kappa shape index (κ2) is 6.45. The standard InChI is InChI=1S/C14H23N7O/c1-11-10-12(22)21-14(16-11)17-13(18-21)15-4-3-5-20-8-6-19(2)7-9-20/h10,22H,3-9H2,1-2H3,(H,15,18). The van der Waals surface area contributed by atoms with Gasteiger partial charge in [0.1, 0.15) is 0 Å². The summed E-state index contributed by atoms with van der Waals surface area (Å²) in [6.07, 6.45) is 1.04. The Balaban J connectivity index is 1.48. The first-order valence-electron chi connectivity index (χ1n) is 7.70. The largest absolute Gasteiger partial charge is 0.493 e. The molecule has 3 heterocycles. The first-order chi connectivity index (χ1) is 10.6. The Morgan fingerprint density at radius 2 is 2.00 bits per heavy atom. The summed E-state index contributed by atoms with van der Waals surface area (Å²) in [7, 11) is 2.17. The maximum atomic E-state index is 9.81. The molecule has 1 fully saturated rings. The third kappa shape index (κ3) is 3.45. The Hall–Kier alpha value is -1.93. The number of fused-ring (bicyclic) bond motifs is 1. The van der Waals surface area contributed by atoms with E-state index >= 15 is 0 Å². The van der Waals surface area contributed by atoms with Crippen LogP contribution in [0.15, 0.2) is 6.07 Å². The van der Waals surface area contributed by atoms with Crippen molar-refractivity contribution in [2.75, 3.05) is 51.6 Å². The van der Waals surface area contributed by atoms with Gasteiger partial charge in [0.2, 0.25) is 11.8 Å². The van der Waals surface area contributed by atoms with Gasteiger partial charge in [0.25, 0.3) is 5.78 Å². The van der Waals surface area contributed by atoms with Gasteiger partial charge in [-0.1, -0.05) is 0 Å². The van der Waals surface area contributed by atoms with E-state index in [1.54, 1.807) is 6.07 Å². The molecule has 0 unspecified atom stereocenters. The Bertz CT molecular complexity index is 633. The van der Waals surface area contributed by atoms with Crippen molar-refractivity contribution in [2.45, 2.75) is 13.3 Å². The van der Waals surface area contributed by atoms with Crippen LogP contribution in [0.5, 0.6) is 5.88 Å². The van der Waals surface area contributed by atoms with Gasteiger partial charge >= 0.3 is 0 Å². The molecule has 2 aromatic rings. The average molecular weight is 305 g/mol. The highest BCUT2D eigenvalue weighted by Gasteiger charge is 2.13. The molecule has 8 nitrogen and oxygen atoms in total. The first kappa shape index (κ1) is 15.0. The van der Waals surface area contributed by atoms with Crippen molar-refractivity contribution in [3.8, 4) is 5.88 Å². The van der Waals surface area contributed by atoms with Crippen molar-refractivity contribution < 1.29 is 5.11 Å². The fourth-order valence-electron chi connectivity index (χ4n) is 2.62. The summed E-state index contributed by atoms with van der Waals surface area (Å²) in [6, 6.07) is 1.57. The van der Waals surface area contributed by atoms with Crippen molar-refractivity contribution in [2.24, 2.45) is 0 Å². The van der Waals surface area contributed by atoms with Crippen LogP contribution >= 0.6 is 0 Å². The molecule has 0 aromatic carbocycles. The topological polar surface area (TPSA) is 81.8 Å². The Labute approximate surface area is 129 Å². The number of likely N-dealkylation sites (N-methyl/N-ethyl adjacent to an activating group) is 1. The number of aromatic nitrogens is 4. The smallest absolute Gasteiger partial charge is 0.257 e. The number of nitrogens with one attached hydrogen (secondary N) is 1. The molecule has 0 amide bonds. The van der Waals surface area contributed by atoms with Gasteiger partial charge in [-0.15, -0.1) is 5.10 Å². The van der Waals surface area contributed by atoms with Gasteiger partial charge in [-0.05, 0) is 26.9 Å². The van der Waals surface area contributed by atoms with Crippen molar-refractivity contribution in [1.82, 2.24) is 29.4 Å². The number of anilines is 1. The van der Waals surface area contributed by atoms with Gasteiger partial charge in [0.15, 0.2) is 0 Å². The van der Waals surface area contributed by atoms with Crippen LogP contribution in [0.3, 0.4) is 0 Å². The minimum atomic E-state index is 0.0560. The van der Waals surface area contributed by atoms with Crippen molar-refractivity contribution >= 4 is 11.7 Å². The third-order valence-electron chi connectivity index (χ3n) is 3.95. The highest BCUT2D eigenvalue weighted by molar-refractivity contribution is 5.40. The molecule has 2 N–H and O–H groups in total. The van der Waals surface area contributed by atoms with E-state index in [9.17, 15) is 5.11 Å². The van der Waals surface area contributed by atoms with Crippen molar-refractivity contribution in [3.63, 3.8) is 0 Å². The van der Waals surface area contributed by atoms with Crippen LogP contribution in [-0.2, 0) is 0 Å². The zero-order valence-corrected chi connectivity index (χ0v) is 13.2. The Morgan fingerprint density at radius 3 is 2.77 bits per heavy atom. The molecule has 120 valence electrons. The molecule has 22 heavy (non-hydrogen) atoms. The summed E-state index contributed by atoms with van der Waals surface area (Å²) in [5.41, 5.74) is 0.721. The van der Waals surface area contributed by atoms with E-state index in [-0.39, 0.29) is 5.88 Å². The molecule has 0 aliphatic carbocycles. The molecule has 0 bridgehead atoms. The summed E-state index contributed by atoms with van der Waals surface area (Å²) in [5.74, 6) is 0.978. The monoisotopic (exact) mass is 305 g/mol. The van der Waals surface area contributed by atoms with Crippen LogP contribution in [0, 0.1) is 6.92 Å². The summed E-state index contributed by atoms with van der Waals surface area (Å²) < 4.78 is 1.34. The molecule has 8 heteroatoms. The highest BCUT2D eigenvalue weighted by Crippen LogP contribution is 2.13. The van der Waals surface area contributed by atoms with E-state index in [1.807, 2.05) is 6.92 Å². The average Bonchev–Trinajstić information content (AvgIpc) is 2.88. The van der Waals surface area contributed by atoms with Crippen LogP contribution in [0.2, 0.25) is 0 Å². The maximum absolute atomic E-state index is 9.81. The molecule has 0 radical (unpaired) electrons. The lowest BCUT2D eigenvalue weighted by molar-refractivity contribution is 0.154. The maximum Gasteiger partial charge on any atom is 0.257 e. The zero-order valence-electron chi connectivity index (χ0n) is 13.2. The third-order valence-corrected chi connectivity index (χ3v) is 3.95. The molecule has 0 spiro atoms. The Morgan fingerprint density at radius 1 is 1.23 bits per heavy atom. The lowest BCUT2D eigenvalue weighted by Gasteiger charge is -2.32. The minimum Gasteiger partial charge on any atom is -0.493 e. The number of piperazine rings is 1. The molecular formula is C14H23N7O. The summed E-state index contributed by atoms with van der Waals surface area (Å²) in [6.45, 7) is 8.27. The SMILES string of the molecule is Cc1cc(O)n2nc(NCCCN3CCN(C)CC3)nc2n1. The predicted molar refractivity (Wildman–Crippen MR) is 84.2 cm³/mol. The van der Waals surface area contributed by atoms with Crippen LogP contribution in [0.25, 0.3) is 5.78 Å². The number of rotatable bonds is 5. The quantitative estimate of drug-likeness (QED) is 0.763. The number of hydrogen-bond donors (Lipinski definition) is 2. The van der Waals surface area contributed by atoms with E-state index in [4.69, 9.17) is 0 Å². The van der Waals surface area contributed by atoms with Gasteiger partial charge < -0.3 is 20.2 Å². The zero-order chi connectivity index (χ0) is 15.5. The number of hydrogen-bond acceptors (Lipinski definition) is 7. The number of nitrogens with zero attached hydrogens (tertiary/aromatic N) is 6. The minimum absolute atomic E-state index is 0.0560. The molecule has 0 saturated carbocycles. The Kier molecular flexibility index (Phi) is 4.39. The van der Waals surface area contributed by atoms with Gasteiger partial charge in [0, 0.05) is 44.5 Å². The second-order valence-electron chi connectivity index (χ2n) is 5.83. The number of aryl methyl sites for hydroxylation is 1. The van der Waals surface area contributed by atoms with Gasteiger partial charge in [-0.3, -0.25) is 0 Å². The van der Waals surface area contributed by atoms with Gasteiger partial charge in [-0.25, -0.2) is 4.98 Å². The normalized spacial score (nSPS) is 17.2. The van der Waals surface area contributed by atoms with Gasteiger partial charge in [0.05, 0.1) is 0 Å². The molecule has 1 aliphatic heterocycles. The molecule has 0 atom stereocenters. The van der Waals surface area contributed by atoms with E-state index in [0.29, 0.717) is 11.7 Å². The lowest BCUT2D eigenvalue weighted by atomic mass is 10.3. The summed E-state index contributed by atoms with van der Waals surface area (Å²) in [5, 5.41) is 17.2. The molecule has 1 aliphatic rings. The van der Waals surface area contributed by atoms with Crippen LogP contribution < -0.4 is 5.32 Å². The van der Waals surface area contributed by atoms with Crippen molar-refractivity contribution in [1.29, 1.82) is 0 Å². The van der Waals surface area contributed by atoms with Crippen LogP contribution in [0.4, 0.5) is 5.95 Å². The summed E-state index contributed by atoms with van der Waals surface area (Å²) >= 11 is 0. The number of aromatic hydroxyl groups is 1. The molecule has 2 aromatic heterocycles. The molecular weight excluding hydrogens is 282 g/mol. The van der Waals surface area contributed by atoms with E-state index in [2.05, 4.69) is 37.2 Å². The van der Waals surface area contributed by atoms with E-state index in [0.717, 1.165) is 51.4 Å². The molecule has 3 rings (SSSR count). The van der Waals surface area contributed by atoms with Crippen molar-refractivity contribution in [3.05, 3.63) is 11.8 Å². The molecule has 1 saturated heterocycles. The first-order valence-corrected chi connectivity index (χ1v) is 7.70. The van der Waals surface area contributed by atoms with E-state index in [1.165, 1.54) is 4.52 Å². The fourth-order valence-corrected chi connectivity index (χ4v) is 2.62. The lowest BCUT2D eigenvalue weighted by Crippen LogP contribution is -2.44. The van der Waals surface area contributed by atoms with Crippen LogP contribution in [0.1, 0.15) is 12.1 Å². The highest BCUT2D eigenvalue weighted by atomic mass is 16.3. The fraction of sp³-hybridized carbons (Fsp3) is 0.643. The second-order valence-corrected chi connectivity index (χ2v) is 5.83. The summed E-state index contributed by atoms with van der Waals surface area (Å²) in [4.78, 5) is 13.4.